The number of aryl methyl sites for hydroxylation is 3. The van der Waals surface area contributed by atoms with Crippen LogP contribution in [0.1, 0.15) is 27.3 Å². The van der Waals surface area contributed by atoms with Gasteiger partial charge in [0.1, 0.15) is 5.75 Å². The molecule has 0 saturated carbocycles. The average Bonchev–Trinajstić information content (AvgIpc) is 2.50. The lowest BCUT2D eigenvalue weighted by molar-refractivity contribution is 0.0966. The van der Waals surface area contributed by atoms with Crippen LogP contribution in [0.2, 0.25) is 0 Å². The number of aromatic nitrogens is 1. The molecule has 2 aromatic rings. The molecule has 0 aliphatic carbocycles. The molecule has 0 aliphatic rings. The molecule has 0 saturated heterocycles. The van der Waals surface area contributed by atoms with Crippen LogP contribution in [0.25, 0.3) is 0 Å². The maximum atomic E-state index is 12.1. The SMILES string of the molecule is COc1cccc(C(=O)NC(=O)Nc2c(C)cc(C)nc2C)c1. The van der Waals surface area contributed by atoms with E-state index < -0.39 is 11.9 Å². The summed E-state index contributed by atoms with van der Waals surface area (Å²) in [4.78, 5) is 28.4. The molecule has 0 atom stereocenters. The van der Waals surface area contributed by atoms with Gasteiger partial charge in [0.25, 0.3) is 5.91 Å². The zero-order valence-electron chi connectivity index (χ0n) is 13.6. The Labute approximate surface area is 134 Å². The molecule has 0 radical (unpaired) electrons. The van der Waals surface area contributed by atoms with Crippen LogP contribution in [0.15, 0.2) is 30.3 Å². The quantitative estimate of drug-likeness (QED) is 0.913. The molecule has 3 amide bonds. The molecule has 2 rings (SSSR count). The van der Waals surface area contributed by atoms with Crippen LogP contribution in [0, 0.1) is 20.8 Å². The first-order valence-corrected chi connectivity index (χ1v) is 7.12. The Morgan fingerprint density at radius 1 is 1.13 bits per heavy atom. The highest BCUT2D eigenvalue weighted by Crippen LogP contribution is 2.19. The van der Waals surface area contributed by atoms with Crippen LogP contribution in [-0.2, 0) is 0 Å². The molecule has 6 nitrogen and oxygen atoms in total. The summed E-state index contributed by atoms with van der Waals surface area (Å²) in [6.07, 6.45) is 0. The van der Waals surface area contributed by atoms with Gasteiger partial charge in [-0.25, -0.2) is 4.79 Å². The molecule has 0 fully saturated rings. The van der Waals surface area contributed by atoms with Gasteiger partial charge in [-0.05, 0) is 50.6 Å². The molecule has 0 bridgehead atoms. The monoisotopic (exact) mass is 313 g/mol. The molecule has 1 heterocycles. The molecule has 0 unspecified atom stereocenters. The smallest absolute Gasteiger partial charge is 0.326 e. The van der Waals surface area contributed by atoms with E-state index in [0.29, 0.717) is 22.7 Å². The highest BCUT2D eigenvalue weighted by molar-refractivity contribution is 6.08. The fraction of sp³-hybridized carbons (Fsp3) is 0.235. The number of methoxy groups -OCH3 is 1. The fourth-order valence-electron chi connectivity index (χ4n) is 2.30. The number of nitrogens with zero attached hydrogens (tertiary/aromatic N) is 1. The van der Waals surface area contributed by atoms with Crippen LogP contribution in [0.5, 0.6) is 5.75 Å². The molecule has 0 spiro atoms. The predicted octanol–water partition coefficient (Wildman–Crippen LogP) is 2.98. The van der Waals surface area contributed by atoms with Gasteiger partial charge < -0.3 is 10.1 Å². The zero-order chi connectivity index (χ0) is 17.0. The highest BCUT2D eigenvalue weighted by Gasteiger charge is 2.13. The Morgan fingerprint density at radius 2 is 1.87 bits per heavy atom. The van der Waals surface area contributed by atoms with Crippen molar-refractivity contribution in [2.45, 2.75) is 20.8 Å². The molecular weight excluding hydrogens is 294 g/mol. The third kappa shape index (κ3) is 4.06. The van der Waals surface area contributed by atoms with Gasteiger partial charge in [-0.1, -0.05) is 6.07 Å². The van der Waals surface area contributed by atoms with Crippen molar-refractivity contribution in [1.82, 2.24) is 10.3 Å². The van der Waals surface area contributed by atoms with Gasteiger partial charge in [0.05, 0.1) is 18.5 Å². The molecule has 0 aliphatic heterocycles. The summed E-state index contributed by atoms with van der Waals surface area (Å²) in [6, 6.07) is 7.84. The van der Waals surface area contributed by atoms with Crippen molar-refractivity contribution in [2.24, 2.45) is 0 Å². The van der Waals surface area contributed by atoms with E-state index in [2.05, 4.69) is 15.6 Å². The molecule has 1 aromatic carbocycles. The number of pyridine rings is 1. The number of hydrogen-bond acceptors (Lipinski definition) is 4. The Morgan fingerprint density at radius 3 is 2.52 bits per heavy atom. The third-order valence-corrected chi connectivity index (χ3v) is 3.32. The van der Waals surface area contributed by atoms with Crippen molar-refractivity contribution < 1.29 is 14.3 Å². The summed E-state index contributed by atoms with van der Waals surface area (Å²) < 4.78 is 5.06. The van der Waals surface area contributed by atoms with E-state index in [-0.39, 0.29) is 0 Å². The van der Waals surface area contributed by atoms with Crippen molar-refractivity contribution >= 4 is 17.6 Å². The molecule has 1 aromatic heterocycles. The lowest BCUT2D eigenvalue weighted by atomic mass is 10.1. The van der Waals surface area contributed by atoms with E-state index in [1.807, 2.05) is 19.9 Å². The minimum atomic E-state index is -0.602. The van der Waals surface area contributed by atoms with Gasteiger partial charge in [-0.2, -0.15) is 0 Å². The Bertz CT molecular complexity index is 733. The van der Waals surface area contributed by atoms with Crippen molar-refractivity contribution in [1.29, 1.82) is 0 Å². The molecule has 120 valence electrons. The average molecular weight is 313 g/mol. The topological polar surface area (TPSA) is 80.3 Å². The van der Waals surface area contributed by atoms with Crippen molar-refractivity contribution in [3.8, 4) is 5.75 Å². The Balaban J connectivity index is 2.09. The van der Waals surface area contributed by atoms with E-state index in [9.17, 15) is 9.59 Å². The standard InChI is InChI=1S/C17H19N3O3/c1-10-8-11(2)18-12(3)15(10)19-17(22)20-16(21)13-6-5-7-14(9-13)23-4/h5-9H,1-4H3,(H2,19,20,21,22). The maximum Gasteiger partial charge on any atom is 0.326 e. The number of amides is 3. The number of urea groups is 1. The summed E-state index contributed by atoms with van der Waals surface area (Å²) >= 11 is 0. The van der Waals surface area contributed by atoms with Crippen LogP contribution < -0.4 is 15.4 Å². The van der Waals surface area contributed by atoms with Gasteiger partial charge in [-0.15, -0.1) is 0 Å². The summed E-state index contributed by atoms with van der Waals surface area (Å²) in [5.74, 6) is 0.0456. The van der Waals surface area contributed by atoms with Gasteiger partial charge in [0.2, 0.25) is 0 Å². The van der Waals surface area contributed by atoms with Crippen LogP contribution in [-0.4, -0.2) is 24.0 Å². The number of anilines is 1. The van der Waals surface area contributed by atoms with Gasteiger partial charge in [0, 0.05) is 11.3 Å². The number of ether oxygens (including phenoxy) is 1. The van der Waals surface area contributed by atoms with E-state index in [4.69, 9.17) is 4.74 Å². The first-order valence-electron chi connectivity index (χ1n) is 7.12. The molecule has 23 heavy (non-hydrogen) atoms. The first-order chi connectivity index (χ1) is 10.9. The number of carbonyl (C=O) groups excluding carboxylic acids is 2. The normalized spacial score (nSPS) is 10.1. The van der Waals surface area contributed by atoms with Gasteiger partial charge in [0.15, 0.2) is 0 Å². The van der Waals surface area contributed by atoms with Crippen molar-refractivity contribution in [3.63, 3.8) is 0 Å². The van der Waals surface area contributed by atoms with Crippen molar-refractivity contribution in [2.75, 3.05) is 12.4 Å². The van der Waals surface area contributed by atoms with Crippen LogP contribution in [0.4, 0.5) is 10.5 Å². The Kier molecular flexibility index (Phi) is 4.95. The van der Waals surface area contributed by atoms with Crippen LogP contribution >= 0.6 is 0 Å². The third-order valence-electron chi connectivity index (χ3n) is 3.32. The van der Waals surface area contributed by atoms with Gasteiger partial charge in [-0.3, -0.25) is 15.1 Å². The first kappa shape index (κ1) is 16.5. The van der Waals surface area contributed by atoms with E-state index >= 15 is 0 Å². The second-order valence-corrected chi connectivity index (χ2v) is 5.18. The van der Waals surface area contributed by atoms with Gasteiger partial charge >= 0.3 is 6.03 Å². The maximum absolute atomic E-state index is 12.1. The number of carbonyl (C=O) groups is 2. The number of imide groups is 1. The summed E-state index contributed by atoms with van der Waals surface area (Å²) in [6.45, 7) is 5.57. The second-order valence-electron chi connectivity index (χ2n) is 5.18. The Hall–Kier alpha value is -2.89. The van der Waals surface area contributed by atoms with E-state index in [1.165, 1.54) is 7.11 Å². The van der Waals surface area contributed by atoms with E-state index in [0.717, 1.165) is 11.3 Å². The van der Waals surface area contributed by atoms with Crippen molar-refractivity contribution in [3.05, 3.63) is 52.8 Å². The summed E-state index contributed by atoms with van der Waals surface area (Å²) in [5.41, 5.74) is 3.41. The number of hydrogen-bond donors (Lipinski definition) is 2. The minimum absolute atomic E-state index is 0.343. The second kappa shape index (κ2) is 6.91. The lowest BCUT2D eigenvalue weighted by Crippen LogP contribution is -2.34. The number of benzene rings is 1. The largest absolute Gasteiger partial charge is 0.497 e. The van der Waals surface area contributed by atoms with Crippen LogP contribution in [0.3, 0.4) is 0 Å². The number of nitrogens with one attached hydrogen (secondary N) is 2. The summed E-state index contributed by atoms with van der Waals surface area (Å²) in [5, 5.41) is 4.96. The predicted molar refractivity (Wildman–Crippen MR) is 87.9 cm³/mol. The minimum Gasteiger partial charge on any atom is -0.497 e. The summed E-state index contributed by atoms with van der Waals surface area (Å²) in [7, 11) is 1.51. The lowest BCUT2D eigenvalue weighted by Gasteiger charge is -2.12. The molecule has 6 heteroatoms. The van der Waals surface area contributed by atoms with E-state index in [1.54, 1.807) is 31.2 Å². The molecule has 2 N–H and O–H groups in total. The highest BCUT2D eigenvalue weighted by atomic mass is 16.5. The zero-order valence-corrected chi connectivity index (χ0v) is 13.6. The number of rotatable bonds is 3. The molecular formula is C17H19N3O3. The fourth-order valence-corrected chi connectivity index (χ4v) is 2.30.